The Morgan fingerprint density at radius 1 is 1.06 bits per heavy atom. The predicted molar refractivity (Wildman–Crippen MR) is 124 cm³/mol. The van der Waals surface area contributed by atoms with Crippen LogP contribution in [0.25, 0.3) is 11.4 Å². The van der Waals surface area contributed by atoms with Gasteiger partial charge >= 0.3 is 0 Å². The number of hydrogen-bond donors (Lipinski definition) is 2. The van der Waals surface area contributed by atoms with E-state index >= 15 is 0 Å². The molecule has 8 heteroatoms. The second-order valence-corrected chi connectivity index (χ2v) is 7.59. The van der Waals surface area contributed by atoms with E-state index in [1.165, 1.54) is 11.1 Å². The maximum Gasteiger partial charge on any atom is 0.269 e. The molecule has 3 rings (SSSR count). The molecule has 1 amide bonds. The molecule has 0 aliphatic carbocycles. The highest BCUT2D eigenvalue weighted by Crippen LogP contribution is 2.21. The van der Waals surface area contributed by atoms with E-state index in [9.17, 15) is 4.79 Å². The molecule has 0 atom stereocenters. The van der Waals surface area contributed by atoms with Crippen molar-refractivity contribution in [2.24, 2.45) is 7.05 Å². The molecule has 2 aromatic heterocycles. The first-order chi connectivity index (χ1) is 14.9. The molecule has 0 saturated heterocycles. The van der Waals surface area contributed by atoms with E-state index in [1.54, 1.807) is 30.1 Å². The number of nitrogens with one attached hydrogen (secondary N) is 2. The highest BCUT2D eigenvalue weighted by molar-refractivity contribution is 5.93. The van der Waals surface area contributed by atoms with E-state index in [0.717, 1.165) is 25.3 Å². The van der Waals surface area contributed by atoms with E-state index in [-0.39, 0.29) is 5.91 Å². The number of carbonyl (C=O) groups is 1. The fourth-order valence-electron chi connectivity index (χ4n) is 3.50. The van der Waals surface area contributed by atoms with Crippen molar-refractivity contribution in [3.63, 3.8) is 0 Å². The molecule has 1 aromatic carbocycles. The van der Waals surface area contributed by atoms with Gasteiger partial charge in [-0.1, -0.05) is 19.9 Å². The lowest BCUT2D eigenvalue weighted by Crippen LogP contribution is -2.35. The van der Waals surface area contributed by atoms with Crippen molar-refractivity contribution in [1.82, 2.24) is 30.0 Å². The molecule has 164 valence electrons. The lowest BCUT2D eigenvalue weighted by Gasteiger charge is -2.17. The monoisotopic (exact) mass is 421 g/mol. The first kappa shape index (κ1) is 22.4. The number of nitrogens with zero attached hydrogens (tertiary/aromatic N) is 5. The summed E-state index contributed by atoms with van der Waals surface area (Å²) in [6.07, 6.45) is 1.69. The lowest BCUT2D eigenvalue weighted by molar-refractivity contribution is 0.0939. The summed E-state index contributed by atoms with van der Waals surface area (Å²) in [5.74, 6) is 0.342. The number of rotatable bonds is 9. The molecule has 0 radical (unpaired) electrons. The van der Waals surface area contributed by atoms with Gasteiger partial charge in [-0.2, -0.15) is 5.10 Å². The van der Waals surface area contributed by atoms with Gasteiger partial charge in [0, 0.05) is 32.0 Å². The van der Waals surface area contributed by atoms with E-state index in [1.807, 2.05) is 12.1 Å². The van der Waals surface area contributed by atoms with Gasteiger partial charge in [0.2, 0.25) is 5.95 Å². The fourth-order valence-corrected chi connectivity index (χ4v) is 3.50. The molecule has 2 N–H and O–H groups in total. The van der Waals surface area contributed by atoms with Crippen molar-refractivity contribution in [2.45, 2.75) is 27.7 Å². The zero-order valence-corrected chi connectivity index (χ0v) is 18.9. The van der Waals surface area contributed by atoms with Crippen LogP contribution in [0.3, 0.4) is 0 Å². The van der Waals surface area contributed by atoms with Gasteiger partial charge in [0.1, 0.15) is 11.4 Å². The average Bonchev–Trinajstić information content (AvgIpc) is 3.12. The Morgan fingerprint density at radius 3 is 2.45 bits per heavy atom. The van der Waals surface area contributed by atoms with Gasteiger partial charge in [-0.3, -0.25) is 9.48 Å². The summed E-state index contributed by atoms with van der Waals surface area (Å²) in [7, 11) is 1.76. The molecular weight excluding hydrogens is 390 g/mol. The second-order valence-electron chi connectivity index (χ2n) is 7.59. The summed E-state index contributed by atoms with van der Waals surface area (Å²) in [5, 5.41) is 10.7. The quantitative estimate of drug-likeness (QED) is 0.551. The fraction of sp³-hybridized carbons (Fsp3) is 0.391. The summed E-state index contributed by atoms with van der Waals surface area (Å²) >= 11 is 0. The van der Waals surface area contributed by atoms with Crippen LogP contribution in [-0.2, 0) is 7.05 Å². The maximum atomic E-state index is 12.6. The van der Waals surface area contributed by atoms with E-state index < -0.39 is 0 Å². The number of hydrogen-bond acceptors (Lipinski definition) is 6. The molecule has 8 nitrogen and oxygen atoms in total. The third-order valence-electron chi connectivity index (χ3n) is 5.12. The number of aryl methyl sites for hydroxylation is 3. The van der Waals surface area contributed by atoms with E-state index in [4.69, 9.17) is 0 Å². The Morgan fingerprint density at radius 2 is 1.77 bits per heavy atom. The minimum absolute atomic E-state index is 0.143. The topological polar surface area (TPSA) is 88.0 Å². The van der Waals surface area contributed by atoms with Crippen LogP contribution in [0, 0.1) is 13.8 Å². The Hall–Kier alpha value is -3.26. The summed E-state index contributed by atoms with van der Waals surface area (Å²) in [6, 6.07) is 9.76. The number of anilines is 2. The van der Waals surface area contributed by atoms with Gasteiger partial charge in [0.15, 0.2) is 0 Å². The standard InChI is InChI=1S/C23H31N7O/c1-6-30(7-2)11-10-24-22(31)21-15-20(28-29(21)5)19-8-9-25-23(27-19)26-18-13-16(3)12-17(4)14-18/h8-9,12-15H,6-7,10-11H2,1-5H3,(H,24,31)(H,25,26,27). The van der Waals surface area contributed by atoms with Gasteiger partial charge < -0.3 is 15.5 Å². The Kier molecular flexibility index (Phi) is 7.36. The van der Waals surface area contributed by atoms with Gasteiger partial charge in [-0.15, -0.1) is 0 Å². The van der Waals surface area contributed by atoms with E-state index in [2.05, 4.69) is 64.4 Å². The lowest BCUT2D eigenvalue weighted by atomic mass is 10.1. The third-order valence-corrected chi connectivity index (χ3v) is 5.12. The van der Waals surface area contributed by atoms with Crippen molar-refractivity contribution >= 4 is 17.5 Å². The minimum atomic E-state index is -0.143. The number of aromatic nitrogens is 4. The summed E-state index contributed by atoms with van der Waals surface area (Å²) in [5.41, 5.74) is 5.04. The summed E-state index contributed by atoms with van der Waals surface area (Å²) in [6.45, 7) is 11.7. The molecular formula is C23H31N7O. The molecule has 2 heterocycles. The average molecular weight is 422 g/mol. The molecule has 0 fully saturated rings. The normalized spacial score (nSPS) is 11.0. The SMILES string of the molecule is CCN(CC)CCNC(=O)c1cc(-c2ccnc(Nc3cc(C)cc(C)c3)n2)nn1C. The van der Waals surface area contributed by atoms with Crippen molar-refractivity contribution in [3.8, 4) is 11.4 Å². The summed E-state index contributed by atoms with van der Waals surface area (Å²) < 4.78 is 1.58. The molecule has 31 heavy (non-hydrogen) atoms. The van der Waals surface area contributed by atoms with Crippen LogP contribution in [0.2, 0.25) is 0 Å². The second kappa shape index (κ2) is 10.2. The van der Waals surface area contributed by atoms with E-state index in [0.29, 0.717) is 29.6 Å². The van der Waals surface area contributed by atoms with Crippen LogP contribution in [0.4, 0.5) is 11.6 Å². The first-order valence-electron chi connectivity index (χ1n) is 10.6. The molecule has 0 spiro atoms. The van der Waals surface area contributed by atoms with Crippen LogP contribution in [0.1, 0.15) is 35.5 Å². The van der Waals surface area contributed by atoms with Gasteiger partial charge in [-0.05, 0) is 62.3 Å². The van der Waals surface area contributed by atoms with Gasteiger partial charge in [0.05, 0.1) is 5.69 Å². The smallest absolute Gasteiger partial charge is 0.269 e. The number of likely N-dealkylation sites (N-methyl/N-ethyl adjacent to an activating group) is 1. The predicted octanol–water partition coefficient (Wildman–Crippen LogP) is 3.31. The molecule has 0 aliphatic heterocycles. The van der Waals surface area contributed by atoms with Crippen LogP contribution >= 0.6 is 0 Å². The third kappa shape index (κ3) is 5.88. The molecule has 0 aliphatic rings. The largest absolute Gasteiger partial charge is 0.349 e. The van der Waals surface area contributed by atoms with Crippen LogP contribution < -0.4 is 10.6 Å². The zero-order chi connectivity index (χ0) is 22.4. The van der Waals surface area contributed by atoms with Crippen molar-refractivity contribution in [1.29, 1.82) is 0 Å². The highest BCUT2D eigenvalue weighted by Gasteiger charge is 2.15. The molecule has 0 unspecified atom stereocenters. The Balaban J connectivity index is 1.72. The molecule has 0 bridgehead atoms. The van der Waals surface area contributed by atoms with Crippen molar-refractivity contribution in [3.05, 3.63) is 53.3 Å². The number of benzene rings is 1. The van der Waals surface area contributed by atoms with Gasteiger partial charge in [0.25, 0.3) is 5.91 Å². The molecule has 0 saturated carbocycles. The van der Waals surface area contributed by atoms with Crippen LogP contribution in [-0.4, -0.2) is 56.7 Å². The highest BCUT2D eigenvalue weighted by atomic mass is 16.2. The van der Waals surface area contributed by atoms with Gasteiger partial charge in [-0.25, -0.2) is 9.97 Å². The zero-order valence-electron chi connectivity index (χ0n) is 18.9. The number of amides is 1. The summed E-state index contributed by atoms with van der Waals surface area (Å²) in [4.78, 5) is 23.8. The maximum absolute atomic E-state index is 12.6. The Bertz CT molecular complexity index is 1020. The minimum Gasteiger partial charge on any atom is -0.349 e. The van der Waals surface area contributed by atoms with Crippen LogP contribution in [0.5, 0.6) is 0 Å². The Labute approximate surface area is 183 Å². The van der Waals surface area contributed by atoms with Crippen LogP contribution in [0.15, 0.2) is 36.5 Å². The van der Waals surface area contributed by atoms with Crippen molar-refractivity contribution < 1.29 is 4.79 Å². The van der Waals surface area contributed by atoms with Crippen molar-refractivity contribution in [2.75, 3.05) is 31.5 Å². The first-order valence-corrected chi connectivity index (χ1v) is 10.6. The number of carbonyl (C=O) groups excluding carboxylic acids is 1. The molecule has 3 aromatic rings.